The third kappa shape index (κ3) is 1.85. The molecule has 80 valence electrons. The van der Waals surface area contributed by atoms with Crippen molar-refractivity contribution in [1.82, 2.24) is 0 Å². The Balaban J connectivity index is 2.37. The second kappa shape index (κ2) is 3.98. The van der Waals surface area contributed by atoms with Crippen molar-refractivity contribution < 1.29 is 9.18 Å². The van der Waals surface area contributed by atoms with Gasteiger partial charge in [0.05, 0.1) is 5.69 Å². The molecule has 1 heterocycles. The van der Waals surface area contributed by atoms with E-state index in [1.807, 2.05) is 0 Å². The Kier molecular flexibility index (Phi) is 2.68. The summed E-state index contributed by atoms with van der Waals surface area (Å²) in [6.45, 7) is 0.957. The number of hydrogen-bond acceptors (Lipinski definition) is 2. The van der Waals surface area contributed by atoms with Gasteiger partial charge in [0.15, 0.2) is 0 Å². The largest absolute Gasteiger partial charge is 0.326 e. The van der Waals surface area contributed by atoms with Crippen molar-refractivity contribution in [2.24, 2.45) is 5.73 Å². The molecular weight excluding hydrogens is 195 g/mol. The van der Waals surface area contributed by atoms with Crippen LogP contribution in [0.2, 0.25) is 0 Å². The number of benzene rings is 1. The quantitative estimate of drug-likeness (QED) is 0.798. The van der Waals surface area contributed by atoms with Crippen LogP contribution in [-0.4, -0.2) is 12.5 Å². The molecule has 0 aliphatic carbocycles. The van der Waals surface area contributed by atoms with E-state index in [9.17, 15) is 9.18 Å². The maximum absolute atomic E-state index is 13.5. The zero-order chi connectivity index (χ0) is 10.8. The van der Waals surface area contributed by atoms with Crippen molar-refractivity contribution in [3.05, 3.63) is 29.6 Å². The van der Waals surface area contributed by atoms with E-state index in [4.69, 9.17) is 5.73 Å². The molecule has 0 unspecified atom stereocenters. The lowest BCUT2D eigenvalue weighted by molar-refractivity contribution is -0.117. The third-order valence-corrected chi connectivity index (χ3v) is 2.61. The van der Waals surface area contributed by atoms with Crippen molar-refractivity contribution in [3.63, 3.8) is 0 Å². The maximum Gasteiger partial charge on any atom is 0.227 e. The number of halogens is 1. The first kappa shape index (κ1) is 10.1. The summed E-state index contributed by atoms with van der Waals surface area (Å²) < 4.78 is 13.5. The van der Waals surface area contributed by atoms with E-state index in [0.717, 1.165) is 12.0 Å². The first-order chi connectivity index (χ1) is 7.22. The average Bonchev–Trinajstić information content (AvgIpc) is 2.65. The number of nitrogens with zero attached hydrogens (tertiary/aromatic N) is 1. The first-order valence-corrected chi connectivity index (χ1v) is 5.01. The predicted molar refractivity (Wildman–Crippen MR) is 55.9 cm³/mol. The van der Waals surface area contributed by atoms with Gasteiger partial charge in [-0.1, -0.05) is 6.07 Å². The summed E-state index contributed by atoms with van der Waals surface area (Å²) >= 11 is 0. The lowest BCUT2D eigenvalue weighted by atomic mass is 10.2. The third-order valence-electron chi connectivity index (χ3n) is 2.61. The average molecular weight is 208 g/mol. The Morgan fingerprint density at radius 3 is 2.87 bits per heavy atom. The minimum atomic E-state index is -0.359. The highest BCUT2D eigenvalue weighted by atomic mass is 19.1. The maximum atomic E-state index is 13.5. The highest BCUT2D eigenvalue weighted by Crippen LogP contribution is 2.25. The Morgan fingerprint density at radius 1 is 1.47 bits per heavy atom. The number of hydrogen-bond donors (Lipinski definition) is 1. The summed E-state index contributed by atoms with van der Waals surface area (Å²) in [6.07, 6.45) is 1.30. The van der Waals surface area contributed by atoms with Crippen molar-refractivity contribution in [2.45, 2.75) is 19.4 Å². The number of carbonyl (C=O) groups excluding carboxylic acids is 1. The van der Waals surface area contributed by atoms with Crippen LogP contribution in [0.3, 0.4) is 0 Å². The van der Waals surface area contributed by atoms with Gasteiger partial charge in [0.2, 0.25) is 5.91 Å². The van der Waals surface area contributed by atoms with Crippen LogP contribution in [-0.2, 0) is 11.3 Å². The number of amides is 1. The zero-order valence-electron chi connectivity index (χ0n) is 8.37. The molecule has 0 saturated carbocycles. The van der Waals surface area contributed by atoms with E-state index in [2.05, 4.69) is 0 Å². The molecule has 0 aromatic heterocycles. The van der Waals surface area contributed by atoms with E-state index >= 15 is 0 Å². The van der Waals surface area contributed by atoms with E-state index in [1.165, 1.54) is 11.0 Å². The normalized spacial score (nSPS) is 16.1. The summed E-state index contributed by atoms with van der Waals surface area (Å²) in [7, 11) is 0. The molecule has 1 amide bonds. The van der Waals surface area contributed by atoms with Gasteiger partial charge in [0.1, 0.15) is 5.82 Å². The number of rotatable bonds is 2. The van der Waals surface area contributed by atoms with Gasteiger partial charge in [-0.05, 0) is 24.1 Å². The lowest BCUT2D eigenvalue weighted by Gasteiger charge is -2.17. The second-order valence-electron chi connectivity index (χ2n) is 3.64. The minimum absolute atomic E-state index is 0.0110. The van der Waals surface area contributed by atoms with Crippen LogP contribution in [0.25, 0.3) is 0 Å². The van der Waals surface area contributed by atoms with Crippen LogP contribution in [0.1, 0.15) is 18.4 Å². The van der Waals surface area contributed by atoms with Crippen molar-refractivity contribution in [3.8, 4) is 0 Å². The predicted octanol–water partition coefficient (Wildman–Crippen LogP) is 1.41. The van der Waals surface area contributed by atoms with Gasteiger partial charge in [-0.25, -0.2) is 4.39 Å². The fourth-order valence-corrected chi connectivity index (χ4v) is 1.79. The smallest absolute Gasteiger partial charge is 0.227 e. The summed E-state index contributed by atoms with van der Waals surface area (Å²) in [4.78, 5) is 12.9. The van der Waals surface area contributed by atoms with Crippen molar-refractivity contribution in [2.75, 3.05) is 11.4 Å². The number of anilines is 1. The fourth-order valence-electron chi connectivity index (χ4n) is 1.79. The van der Waals surface area contributed by atoms with Gasteiger partial charge in [-0.3, -0.25) is 4.79 Å². The first-order valence-electron chi connectivity index (χ1n) is 5.01. The SMILES string of the molecule is NCc1ccc(F)c(N2CCCC2=O)c1. The Morgan fingerprint density at radius 2 is 2.27 bits per heavy atom. The molecule has 0 atom stereocenters. The molecule has 0 bridgehead atoms. The van der Waals surface area contributed by atoms with Gasteiger partial charge in [0.25, 0.3) is 0 Å². The molecule has 3 nitrogen and oxygen atoms in total. The molecule has 2 rings (SSSR count). The van der Waals surface area contributed by atoms with Crippen LogP contribution in [0.4, 0.5) is 10.1 Å². The Bertz CT molecular complexity index is 392. The van der Waals surface area contributed by atoms with Crippen molar-refractivity contribution >= 4 is 11.6 Å². The molecule has 1 aliphatic rings. The van der Waals surface area contributed by atoms with E-state index < -0.39 is 0 Å². The van der Waals surface area contributed by atoms with Gasteiger partial charge >= 0.3 is 0 Å². The molecular formula is C11H13FN2O. The van der Waals surface area contributed by atoms with E-state index in [0.29, 0.717) is 25.2 Å². The standard InChI is InChI=1S/C11H13FN2O/c12-9-4-3-8(7-13)6-10(9)14-5-1-2-11(14)15/h3-4,6H,1-2,5,7,13H2. The summed E-state index contributed by atoms with van der Waals surface area (Å²) in [5.41, 5.74) is 6.68. The Labute approximate surface area is 87.7 Å². The molecule has 15 heavy (non-hydrogen) atoms. The van der Waals surface area contributed by atoms with Crippen LogP contribution in [0.5, 0.6) is 0 Å². The van der Waals surface area contributed by atoms with Crippen LogP contribution in [0.15, 0.2) is 18.2 Å². The molecule has 1 aromatic rings. The van der Waals surface area contributed by atoms with Crippen LogP contribution >= 0.6 is 0 Å². The monoisotopic (exact) mass is 208 g/mol. The molecule has 0 spiro atoms. The van der Waals surface area contributed by atoms with Crippen molar-refractivity contribution in [1.29, 1.82) is 0 Å². The fraction of sp³-hybridized carbons (Fsp3) is 0.364. The van der Waals surface area contributed by atoms with Gasteiger partial charge in [-0.2, -0.15) is 0 Å². The molecule has 0 radical (unpaired) electrons. The molecule has 1 aromatic carbocycles. The molecule has 1 aliphatic heterocycles. The zero-order valence-corrected chi connectivity index (χ0v) is 8.37. The van der Waals surface area contributed by atoms with E-state index in [-0.39, 0.29) is 11.7 Å². The molecule has 2 N–H and O–H groups in total. The summed E-state index contributed by atoms with van der Waals surface area (Å²) in [5, 5.41) is 0. The molecule has 1 saturated heterocycles. The highest BCUT2D eigenvalue weighted by molar-refractivity contribution is 5.95. The lowest BCUT2D eigenvalue weighted by Crippen LogP contribution is -2.25. The Hall–Kier alpha value is -1.42. The second-order valence-corrected chi connectivity index (χ2v) is 3.64. The topological polar surface area (TPSA) is 46.3 Å². The van der Waals surface area contributed by atoms with E-state index in [1.54, 1.807) is 12.1 Å². The van der Waals surface area contributed by atoms with Gasteiger partial charge in [-0.15, -0.1) is 0 Å². The summed E-state index contributed by atoms with van der Waals surface area (Å²) in [6, 6.07) is 4.65. The number of nitrogens with two attached hydrogens (primary N) is 1. The highest BCUT2D eigenvalue weighted by Gasteiger charge is 2.24. The minimum Gasteiger partial charge on any atom is -0.326 e. The van der Waals surface area contributed by atoms with Gasteiger partial charge < -0.3 is 10.6 Å². The molecule has 4 heteroatoms. The van der Waals surface area contributed by atoms with Crippen LogP contribution in [0, 0.1) is 5.82 Å². The molecule has 1 fully saturated rings. The van der Waals surface area contributed by atoms with Gasteiger partial charge in [0, 0.05) is 19.5 Å². The van der Waals surface area contributed by atoms with Crippen LogP contribution < -0.4 is 10.6 Å². The number of carbonyl (C=O) groups is 1. The summed E-state index contributed by atoms with van der Waals surface area (Å²) in [5.74, 6) is -0.370.